The van der Waals surface area contributed by atoms with Gasteiger partial charge in [-0.2, -0.15) is 4.31 Å². The van der Waals surface area contributed by atoms with Crippen LogP contribution in [-0.4, -0.2) is 37.9 Å². The second kappa shape index (κ2) is 4.58. The van der Waals surface area contributed by atoms with Crippen LogP contribution in [0.1, 0.15) is 18.9 Å². The van der Waals surface area contributed by atoms with Crippen molar-refractivity contribution in [2.45, 2.75) is 37.2 Å². The summed E-state index contributed by atoms with van der Waals surface area (Å²) in [5.41, 5.74) is 0.823. The summed E-state index contributed by atoms with van der Waals surface area (Å²) in [6.07, 6.45) is 0.961. The number of hydrogen-bond donors (Lipinski definition) is 1. The highest BCUT2D eigenvalue weighted by Gasteiger charge is 2.47. The van der Waals surface area contributed by atoms with Gasteiger partial charge in [-0.05, 0) is 44.4 Å². The third-order valence-electron chi connectivity index (χ3n) is 4.36. The first-order chi connectivity index (χ1) is 9.01. The molecule has 2 heterocycles. The maximum Gasteiger partial charge on any atom is 0.243 e. The van der Waals surface area contributed by atoms with E-state index in [4.69, 9.17) is 0 Å². The van der Waals surface area contributed by atoms with E-state index in [1.807, 2.05) is 26.0 Å². The molecule has 2 fully saturated rings. The Morgan fingerprint density at radius 3 is 2.74 bits per heavy atom. The number of fused-ring (bicyclic) bond motifs is 1. The van der Waals surface area contributed by atoms with Gasteiger partial charge in [-0.1, -0.05) is 18.2 Å². The van der Waals surface area contributed by atoms with Gasteiger partial charge in [-0.15, -0.1) is 0 Å². The molecule has 0 aliphatic carbocycles. The van der Waals surface area contributed by atoms with Gasteiger partial charge < -0.3 is 5.32 Å². The minimum absolute atomic E-state index is 0.0988. The topological polar surface area (TPSA) is 49.4 Å². The van der Waals surface area contributed by atoms with Crippen molar-refractivity contribution < 1.29 is 8.42 Å². The van der Waals surface area contributed by atoms with Crippen LogP contribution in [0.3, 0.4) is 0 Å². The molecule has 3 atom stereocenters. The first kappa shape index (κ1) is 13.1. The summed E-state index contributed by atoms with van der Waals surface area (Å²) in [5, 5.41) is 3.31. The van der Waals surface area contributed by atoms with Gasteiger partial charge in [0.1, 0.15) is 0 Å². The fourth-order valence-electron chi connectivity index (χ4n) is 3.50. The van der Waals surface area contributed by atoms with E-state index in [0.29, 0.717) is 10.8 Å². The van der Waals surface area contributed by atoms with E-state index < -0.39 is 10.0 Å². The molecule has 0 bridgehead atoms. The Bertz CT molecular complexity index is 585. The molecule has 0 radical (unpaired) electrons. The largest absolute Gasteiger partial charge is 0.315 e. The van der Waals surface area contributed by atoms with Crippen molar-refractivity contribution in [3.05, 3.63) is 29.8 Å². The fraction of sp³-hybridized carbons (Fsp3) is 0.571. The van der Waals surface area contributed by atoms with E-state index in [1.54, 1.807) is 16.4 Å². The van der Waals surface area contributed by atoms with Crippen molar-refractivity contribution in [2.75, 3.05) is 13.1 Å². The standard InChI is InChI=1S/C14H20N2O2S/c1-10-5-3-4-6-14(10)19(17,18)16-11(2)7-12-8-15-9-13(12)16/h3-6,11-13,15H,7-9H2,1-2H3. The van der Waals surface area contributed by atoms with Crippen LogP contribution in [0.25, 0.3) is 0 Å². The third-order valence-corrected chi connectivity index (χ3v) is 6.56. The molecule has 1 aromatic rings. The lowest BCUT2D eigenvalue weighted by Crippen LogP contribution is -2.42. The molecule has 2 saturated heterocycles. The summed E-state index contributed by atoms with van der Waals surface area (Å²) in [6, 6.07) is 7.47. The molecule has 5 heteroatoms. The minimum Gasteiger partial charge on any atom is -0.315 e. The zero-order valence-electron chi connectivity index (χ0n) is 11.3. The van der Waals surface area contributed by atoms with Crippen LogP contribution in [0.4, 0.5) is 0 Å². The maximum absolute atomic E-state index is 12.9. The van der Waals surface area contributed by atoms with Crippen LogP contribution in [0.15, 0.2) is 29.2 Å². The van der Waals surface area contributed by atoms with E-state index in [-0.39, 0.29) is 12.1 Å². The molecule has 2 aliphatic rings. The van der Waals surface area contributed by atoms with Gasteiger partial charge in [0.15, 0.2) is 0 Å². The van der Waals surface area contributed by atoms with Crippen molar-refractivity contribution in [3.8, 4) is 0 Å². The Morgan fingerprint density at radius 2 is 2.00 bits per heavy atom. The third kappa shape index (κ3) is 2.00. The van der Waals surface area contributed by atoms with E-state index in [1.165, 1.54) is 0 Å². The van der Waals surface area contributed by atoms with Crippen LogP contribution in [0.2, 0.25) is 0 Å². The van der Waals surface area contributed by atoms with Crippen LogP contribution in [0.5, 0.6) is 0 Å². The number of aryl methyl sites for hydroxylation is 1. The Balaban J connectivity index is 2.03. The van der Waals surface area contributed by atoms with Crippen LogP contribution >= 0.6 is 0 Å². The lowest BCUT2D eigenvalue weighted by Gasteiger charge is -2.27. The monoisotopic (exact) mass is 280 g/mol. The van der Waals surface area contributed by atoms with Crippen LogP contribution in [0, 0.1) is 12.8 Å². The first-order valence-electron chi connectivity index (χ1n) is 6.81. The highest BCUT2D eigenvalue weighted by molar-refractivity contribution is 7.89. The molecular formula is C14H20N2O2S. The number of rotatable bonds is 2. The molecule has 0 saturated carbocycles. The molecule has 3 unspecified atom stereocenters. The summed E-state index contributed by atoms with van der Waals surface area (Å²) in [6.45, 7) is 5.60. The van der Waals surface area contributed by atoms with Gasteiger partial charge in [-0.3, -0.25) is 0 Å². The summed E-state index contributed by atoms with van der Waals surface area (Å²) < 4.78 is 27.5. The second-order valence-electron chi connectivity index (χ2n) is 5.67. The van der Waals surface area contributed by atoms with E-state index in [0.717, 1.165) is 25.1 Å². The van der Waals surface area contributed by atoms with Crippen molar-refractivity contribution >= 4 is 10.0 Å². The van der Waals surface area contributed by atoms with Crippen molar-refractivity contribution in [1.29, 1.82) is 0 Å². The number of sulfonamides is 1. The van der Waals surface area contributed by atoms with E-state index in [9.17, 15) is 8.42 Å². The molecule has 3 rings (SSSR count). The normalized spacial score (nSPS) is 31.6. The van der Waals surface area contributed by atoms with Gasteiger partial charge in [-0.25, -0.2) is 8.42 Å². The van der Waals surface area contributed by atoms with Crippen LogP contribution in [-0.2, 0) is 10.0 Å². The number of benzene rings is 1. The zero-order valence-corrected chi connectivity index (χ0v) is 12.2. The average Bonchev–Trinajstić information content (AvgIpc) is 2.88. The van der Waals surface area contributed by atoms with E-state index >= 15 is 0 Å². The molecule has 19 heavy (non-hydrogen) atoms. The first-order valence-corrected chi connectivity index (χ1v) is 8.25. The van der Waals surface area contributed by atoms with Gasteiger partial charge in [0.25, 0.3) is 0 Å². The summed E-state index contributed by atoms with van der Waals surface area (Å²) in [7, 11) is -3.38. The van der Waals surface area contributed by atoms with Gasteiger partial charge >= 0.3 is 0 Å². The Morgan fingerprint density at radius 1 is 1.26 bits per heavy atom. The lowest BCUT2D eigenvalue weighted by molar-refractivity contribution is 0.335. The summed E-state index contributed by atoms with van der Waals surface area (Å²) >= 11 is 0. The highest BCUT2D eigenvalue weighted by Crippen LogP contribution is 2.37. The Kier molecular flexibility index (Phi) is 3.15. The molecule has 0 spiro atoms. The predicted octanol–water partition coefficient (Wildman–Crippen LogP) is 1.37. The SMILES string of the molecule is Cc1ccccc1S(=O)(=O)N1C(C)CC2CNCC21. The lowest BCUT2D eigenvalue weighted by atomic mass is 10.0. The van der Waals surface area contributed by atoms with Gasteiger partial charge in [0.05, 0.1) is 4.90 Å². The Labute approximate surface area is 114 Å². The number of hydrogen-bond acceptors (Lipinski definition) is 3. The number of nitrogens with zero attached hydrogens (tertiary/aromatic N) is 1. The predicted molar refractivity (Wildman–Crippen MR) is 74.4 cm³/mol. The van der Waals surface area contributed by atoms with E-state index in [2.05, 4.69) is 5.32 Å². The van der Waals surface area contributed by atoms with Crippen LogP contribution < -0.4 is 5.32 Å². The maximum atomic E-state index is 12.9. The van der Waals surface area contributed by atoms with Gasteiger partial charge in [0.2, 0.25) is 10.0 Å². The molecule has 2 aliphatic heterocycles. The zero-order chi connectivity index (χ0) is 13.6. The Hall–Kier alpha value is -0.910. The molecule has 1 N–H and O–H groups in total. The fourth-order valence-corrected chi connectivity index (χ4v) is 5.62. The molecular weight excluding hydrogens is 260 g/mol. The number of nitrogens with one attached hydrogen (secondary N) is 1. The molecule has 104 valence electrons. The van der Waals surface area contributed by atoms with Gasteiger partial charge in [0, 0.05) is 18.6 Å². The summed E-state index contributed by atoms with van der Waals surface area (Å²) in [4.78, 5) is 0.453. The second-order valence-corrected chi connectivity index (χ2v) is 7.48. The van der Waals surface area contributed by atoms with Crippen molar-refractivity contribution in [1.82, 2.24) is 9.62 Å². The molecule has 0 aromatic heterocycles. The quantitative estimate of drug-likeness (QED) is 0.890. The smallest absolute Gasteiger partial charge is 0.243 e. The molecule has 0 amide bonds. The van der Waals surface area contributed by atoms with Crippen molar-refractivity contribution in [3.63, 3.8) is 0 Å². The molecule has 1 aromatic carbocycles. The molecule has 4 nitrogen and oxygen atoms in total. The minimum atomic E-state index is -3.38. The average molecular weight is 280 g/mol. The summed E-state index contributed by atoms with van der Waals surface area (Å²) in [5.74, 6) is 0.466. The van der Waals surface area contributed by atoms with Crippen molar-refractivity contribution in [2.24, 2.45) is 5.92 Å². The highest BCUT2D eigenvalue weighted by atomic mass is 32.2.